The first-order valence-electron chi connectivity index (χ1n) is 2.53. The van der Waals surface area contributed by atoms with Gasteiger partial charge < -0.3 is 14.9 Å². The first-order valence-corrected chi connectivity index (χ1v) is 5.00. The summed E-state index contributed by atoms with van der Waals surface area (Å²) in [6, 6.07) is 0. The number of thioether (sulfide) groups is 1. The molecule has 0 amide bonds. The number of rotatable bonds is 3. The monoisotopic (exact) mass is 186 g/mol. The molecule has 0 bridgehead atoms. The van der Waals surface area contributed by atoms with Gasteiger partial charge in [0.05, 0.1) is 11.9 Å². The van der Waals surface area contributed by atoms with Crippen LogP contribution < -0.4 is 0 Å². The summed E-state index contributed by atoms with van der Waals surface area (Å²) in [4.78, 5) is 16.4. The molecule has 2 atom stereocenters. The van der Waals surface area contributed by atoms with E-state index in [1.165, 1.54) is 11.8 Å². The van der Waals surface area contributed by atoms with Crippen LogP contribution in [-0.4, -0.2) is 32.2 Å². The smallest absolute Gasteiger partial charge is 0.381 e. The largest absolute Gasteiger partial charge is 0.469 e. The maximum Gasteiger partial charge on any atom is 0.469 e. The second-order valence-electron chi connectivity index (χ2n) is 1.85. The fourth-order valence-corrected chi connectivity index (χ4v) is 1.37. The summed E-state index contributed by atoms with van der Waals surface area (Å²) in [5, 5.41) is 8.49. The molecular formula is C3H7O5PS. The SMILES string of the molecule is O=P(O)(O)OCC1SC1O. The first-order chi connectivity index (χ1) is 4.49. The Balaban J connectivity index is 2.12. The van der Waals surface area contributed by atoms with E-state index in [-0.39, 0.29) is 11.9 Å². The van der Waals surface area contributed by atoms with Crippen molar-refractivity contribution in [3.8, 4) is 0 Å². The maximum atomic E-state index is 10.1. The average Bonchev–Trinajstić information content (AvgIpc) is 2.40. The molecule has 0 aromatic heterocycles. The van der Waals surface area contributed by atoms with Crippen molar-refractivity contribution in [3.05, 3.63) is 0 Å². The Hall–Kier alpha value is 0.420. The van der Waals surface area contributed by atoms with E-state index in [2.05, 4.69) is 4.52 Å². The van der Waals surface area contributed by atoms with Crippen LogP contribution in [0.4, 0.5) is 0 Å². The molecule has 60 valence electrons. The molecule has 0 saturated carbocycles. The van der Waals surface area contributed by atoms with Crippen LogP contribution in [0, 0.1) is 0 Å². The van der Waals surface area contributed by atoms with Crippen molar-refractivity contribution in [2.24, 2.45) is 0 Å². The molecule has 0 radical (unpaired) electrons. The molecule has 7 heteroatoms. The fraction of sp³-hybridized carbons (Fsp3) is 1.00. The average molecular weight is 186 g/mol. The van der Waals surface area contributed by atoms with E-state index in [9.17, 15) is 4.57 Å². The van der Waals surface area contributed by atoms with Gasteiger partial charge in [0.15, 0.2) is 0 Å². The van der Waals surface area contributed by atoms with Crippen LogP contribution in [0.3, 0.4) is 0 Å². The molecule has 0 spiro atoms. The summed E-state index contributed by atoms with van der Waals surface area (Å²) in [7, 11) is -4.33. The number of hydrogen-bond donors (Lipinski definition) is 3. The van der Waals surface area contributed by atoms with Crippen molar-refractivity contribution in [3.63, 3.8) is 0 Å². The second-order valence-corrected chi connectivity index (χ2v) is 4.45. The maximum absolute atomic E-state index is 10.1. The topological polar surface area (TPSA) is 87.0 Å². The van der Waals surface area contributed by atoms with E-state index in [1.54, 1.807) is 0 Å². The highest BCUT2D eigenvalue weighted by atomic mass is 32.2. The Morgan fingerprint density at radius 3 is 2.40 bits per heavy atom. The fourth-order valence-electron chi connectivity index (χ4n) is 0.426. The highest BCUT2D eigenvalue weighted by Gasteiger charge is 2.38. The predicted molar refractivity (Wildman–Crippen MR) is 35.4 cm³/mol. The minimum absolute atomic E-state index is 0.0872. The standard InChI is InChI=1S/C3H7O5PS/c4-3-2(10-3)1-8-9(5,6)7/h2-4H,1H2,(H2,5,6,7). The van der Waals surface area contributed by atoms with Gasteiger partial charge in [-0.15, -0.1) is 11.8 Å². The summed E-state index contributed by atoms with van der Waals surface area (Å²) in [5.74, 6) is 0. The van der Waals surface area contributed by atoms with Gasteiger partial charge in [-0.05, 0) is 0 Å². The molecule has 1 heterocycles. The van der Waals surface area contributed by atoms with Gasteiger partial charge in [-0.3, -0.25) is 4.52 Å². The van der Waals surface area contributed by atoms with Crippen molar-refractivity contribution < 1.29 is 24.0 Å². The lowest BCUT2D eigenvalue weighted by molar-refractivity contribution is 0.185. The predicted octanol–water partition coefficient (Wildman–Crippen LogP) is -0.471. The summed E-state index contributed by atoms with van der Waals surface area (Å²) >= 11 is 1.22. The molecular weight excluding hydrogens is 179 g/mol. The molecule has 1 aliphatic rings. The minimum Gasteiger partial charge on any atom is -0.381 e. The molecule has 1 rings (SSSR count). The molecule has 1 aliphatic heterocycles. The van der Waals surface area contributed by atoms with E-state index in [0.717, 1.165) is 0 Å². The lowest BCUT2D eigenvalue weighted by Crippen LogP contribution is -2.02. The van der Waals surface area contributed by atoms with Crippen LogP contribution in [0.15, 0.2) is 0 Å². The van der Waals surface area contributed by atoms with E-state index in [1.807, 2.05) is 0 Å². The molecule has 1 fully saturated rings. The van der Waals surface area contributed by atoms with Gasteiger partial charge in [0.25, 0.3) is 0 Å². The van der Waals surface area contributed by atoms with Crippen molar-refractivity contribution in [2.75, 3.05) is 6.61 Å². The zero-order valence-corrected chi connectivity index (χ0v) is 6.59. The molecule has 0 aromatic rings. The van der Waals surface area contributed by atoms with Gasteiger partial charge in [0.2, 0.25) is 0 Å². The number of phosphoric acid groups is 1. The molecule has 1 saturated heterocycles. The van der Waals surface area contributed by atoms with Crippen LogP contribution >= 0.6 is 19.6 Å². The Kier molecular flexibility index (Phi) is 2.39. The first kappa shape index (κ1) is 8.52. The highest BCUT2D eigenvalue weighted by molar-refractivity contribution is 8.07. The molecule has 2 unspecified atom stereocenters. The summed E-state index contributed by atoms with van der Waals surface area (Å²) in [5.41, 5.74) is -0.508. The molecule has 0 aromatic carbocycles. The molecule has 10 heavy (non-hydrogen) atoms. The quantitative estimate of drug-likeness (QED) is 0.408. The lowest BCUT2D eigenvalue weighted by Gasteiger charge is -2.01. The minimum atomic E-state index is -4.33. The lowest BCUT2D eigenvalue weighted by atomic mass is 10.5. The van der Waals surface area contributed by atoms with E-state index < -0.39 is 13.3 Å². The van der Waals surface area contributed by atoms with E-state index in [0.29, 0.717) is 0 Å². The Morgan fingerprint density at radius 1 is 1.60 bits per heavy atom. The number of aliphatic hydroxyl groups excluding tert-OH is 1. The summed E-state index contributed by atoms with van der Waals surface area (Å²) in [6.07, 6.45) is 0. The van der Waals surface area contributed by atoms with Crippen molar-refractivity contribution in [2.45, 2.75) is 10.7 Å². The number of hydrogen-bond acceptors (Lipinski definition) is 4. The Bertz CT molecular complexity index is 166. The van der Waals surface area contributed by atoms with E-state index in [4.69, 9.17) is 14.9 Å². The highest BCUT2D eigenvalue weighted by Crippen LogP contribution is 2.43. The summed E-state index contributed by atoms with van der Waals surface area (Å²) < 4.78 is 14.2. The van der Waals surface area contributed by atoms with Crippen LogP contribution in [0.5, 0.6) is 0 Å². The Labute approximate surface area is 61.6 Å². The van der Waals surface area contributed by atoms with Gasteiger partial charge in [0.1, 0.15) is 5.44 Å². The van der Waals surface area contributed by atoms with Crippen molar-refractivity contribution >= 4 is 19.6 Å². The van der Waals surface area contributed by atoms with Crippen LogP contribution in [-0.2, 0) is 9.09 Å². The van der Waals surface area contributed by atoms with Crippen LogP contribution in [0.1, 0.15) is 0 Å². The van der Waals surface area contributed by atoms with Gasteiger partial charge in [-0.2, -0.15) is 0 Å². The van der Waals surface area contributed by atoms with Crippen molar-refractivity contribution in [1.29, 1.82) is 0 Å². The zero-order chi connectivity index (χ0) is 7.78. The number of aliphatic hydroxyl groups is 1. The third-order valence-electron chi connectivity index (χ3n) is 0.963. The van der Waals surface area contributed by atoms with Gasteiger partial charge in [0, 0.05) is 0 Å². The normalized spacial score (nSPS) is 32.3. The third kappa shape index (κ3) is 3.01. The Morgan fingerprint density at radius 2 is 2.10 bits per heavy atom. The number of phosphoric ester groups is 1. The molecule has 0 aliphatic carbocycles. The van der Waals surface area contributed by atoms with Crippen LogP contribution in [0.25, 0.3) is 0 Å². The zero-order valence-electron chi connectivity index (χ0n) is 4.88. The van der Waals surface area contributed by atoms with Crippen molar-refractivity contribution in [1.82, 2.24) is 0 Å². The molecule has 3 N–H and O–H groups in total. The van der Waals surface area contributed by atoms with Crippen LogP contribution in [0.2, 0.25) is 0 Å². The third-order valence-corrected chi connectivity index (χ3v) is 2.48. The van der Waals surface area contributed by atoms with Gasteiger partial charge in [-0.1, -0.05) is 0 Å². The van der Waals surface area contributed by atoms with E-state index >= 15 is 0 Å². The second kappa shape index (κ2) is 2.81. The van der Waals surface area contributed by atoms with Gasteiger partial charge in [-0.25, -0.2) is 4.57 Å². The molecule has 5 nitrogen and oxygen atoms in total. The summed E-state index contributed by atoms with van der Waals surface area (Å²) in [6.45, 7) is -0.0872. The van der Waals surface area contributed by atoms with Gasteiger partial charge >= 0.3 is 7.82 Å².